The number of nitrogens with one attached hydrogen (secondary N) is 3. The zero-order valence-corrected chi connectivity index (χ0v) is 26.0. The maximum atomic E-state index is 12.7. The Morgan fingerprint density at radius 3 is 2.02 bits per heavy atom. The number of carbonyl (C=O) groups excluding carboxylic acids is 2. The van der Waals surface area contributed by atoms with Gasteiger partial charge in [0.25, 0.3) is 0 Å². The molecule has 5 N–H and O–H groups in total. The Labute approximate surface area is 259 Å². The van der Waals surface area contributed by atoms with Crippen LogP contribution in [-0.4, -0.2) is 45.3 Å². The lowest BCUT2D eigenvalue weighted by atomic mass is 9.82. The quantitative estimate of drug-likeness (QED) is 0.122. The molecule has 2 heterocycles. The zero-order valence-electron chi connectivity index (χ0n) is 24.4. The molecule has 1 fully saturated rings. The molecule has 2 aromatic carbocycles. The summed E-state index contributed by atoms with van der Waals surface area (Å²) >= 11 is 2.87. The molecule has 43 heavy (non-hydrogen) atoms. The molecule has 0 saturated heterocycles. The second-order valence-corrected chi connectivity index (χ2v) is 12.6. The van der Waals surface area contributed by atoms with Crippen LogP contribution in [0.15, 0.2) is 48.5 Å². The van der Waals surface area contributed by atoms with Crippen LogP contribution in [0.5, 0.6) is 0 Å². The Morgan fingerprint density at radius 2 is 1.44 bits per heavy atom. The summed E-state index contributed by atoms with van der Waals surface area (Å²) in [4.78, 5) is 25.4. The minimum atomic E-state index is -0.143. The van der Waals surface area contributed by atoms with Gasteiger partial charge in [-0.1, -0.05) is 53.4 Å². The molecule has 226 valence electrons. The highest BCUT2D eigenvalue weighted by atomic mass is 32.1. The van der Waals surface area contributed by atoms with Crippen LogP contribution >= 0.6 is 22.7 Å². The molecule has 0 unspecified atom stereocenters. The molecule has 2 aromatic heterocycles. The van der Waals surface area contributed by atoms with E-state index >= 15 is 0 Å². The van der Waals surface area contributed by atoms with Gasteiger partial charge >= 0.3 is 0 Å². The summed E-state index contributed by atoms with van der Waals surface area (Å²) in [6, 6.07) is 15.5. The van der Waals surface area contributed by atoms with Crippen molar-refractivity contribution < 1.29 is 9.59 Å². The molecular weight excluding hydrogens is 583 g/mol. The molecular formula is C30H37N9O2S2. The maximum absolute atomic E-state index is 12.7. The summed E-state index contributed by atoms with van der Waals surface area (Å²) < 4.78 is 0. The second kappa shape index (κ2) is 14.5. The number of aromatic nitrogens is 4. The molecule has 0 spiro atoms. The number of hydrazine groups is 1. The minimum absolute atomic E-state index is 0.115. The van der Waals surface area contributed by atoms with E-state index in [1.54, 1.807) is 5.01 Å². The molecule has 0 radical (unpaired) electrons. The first-order chi connectivity index (χ1) is 20.9. The van der Waals surface area contributed by atoms with E-state index in [4.69, 9.17) is 5.84 Å². The van der Waals surface area contributed by atoms with Gasteiger partial charge in [-0.25, -0.2) is 5.84 Å². The second-order valence-electron chi connectivity index (χ2n) is 10.6. The molecule has 13 heteroatoms. The molecule has 2 amide bonds. The largest absolute Gasteiger partial charge is 0.385 e. The van der Waals surface area contributed by atoms with E-state index < -0.39 is 0 Å². The van der Waals surface area contributed by atoms with E-state index in [-0.39, 0.29) is 36.5 Å². The van der Waals surface area contributed by atoms with Gasteiger partial charge in [0, 0.05) is 30.6 Å². The van der Waals surface area contributed by atoms with Gasteiger partial charge in [0.2, 0.25) is 22.1 Å². The van der Waals surface area contributed by atoms with Gasteiger partial charge in [0.05, 0.1) is 18.5 Å². The third-order valence-electron chi connectivity index (χ3n) is 7.37. The molecule has 2 atom stereocenters. The van der Waals surface area contributed by atoms with E-state index in [9.17, 15) is 9.59 Å². The lowest BCUT2D eigenvalue weighted by molar-refractivity contribution is -0.116. The van der Waals surface area contributed by atoms with Crippen molar-refractivity contribution in [2.75, 3.05) is 34.0 Å². The van der Waals surface area contributed by atoms with Crippen LogP contribution < -0.4 is 26.8 Å². The third-order valence-corrected chi connectivity index (χ3v) is 9.37. The van der Waals surface area contributed by atoms with Crippen molar-refractivity contribution in [3.8, 4) is 0 Å². The highest BCUT2D eigenvalue weighted by Crippen LogP contribution is 2.43. The first-order valence-electron chi connectivity index (χ1n) is 14.6. The number of anilines is 4. The van der Waals surface area contributed by atoms with Crippen LogP contribution in [0, 0.1) is 0 Å². The van der Waals surface area contributed by atoms with E-state index in [0.29, 0.717) is 16.8 Å². The summed E-state index contributed by atoms with van der Waals surface area (Å²) in [6.07, 6.45) is 4.43. The summed E-state index contributed by atoms with van der Waals surface area (Å²) in [5.41, 5.74) is 3.69. The summed E-state index contributed by atoms with van der Waals surface area (Å²) in [6.45, 7) is 5.51. The fraction of sp³-hybridized carbons (Fsp3) is 0.400. The molecule has 0 bridgehead atoms. The van der Waals surface area contributed by atoms with Crippen LogP contribution in [-0.2, 0) is 22.4 Å². The number of carbonyl (C=O) groups is 2. The maximum Gasteiger partial charge on any atom is 0.230 e. The topological polar surface area (TPSA) is 151 Å². The number of nitrogens with two attached hydrogens (primary N) is 1. The lowest BCUT2D eigenvalue weighted by Gasteiger charge is -2.25. The van der Waals surface area contributed by atoms with Crippen molar-refractivity contribution in [2.24, 2.45) is 5.84 Å². The average Bonchev–Trinajstić information content (AvgIpc) is 3.67. The number of amides is 2. The van der Waals surface area contributed by atoms with E-state index in [0.717, 1.165) is 64.7 Å². The minimum Gasteiger partial charge on any atom is -0.385 e. The first kappa shape index (κ1) is 30.5. The fourth-order valence-corrected chi connectivity index (χ4v) is 7.07. The van der Waals surface area contributed by atoms with Gasteiger partial charge in [-0.05, 0) is 68.5 Å². The van der Waals surface area contributed by atoms with E-state index in [1.165, 1.54) is 22.7 Å². The smallest absolute Gasteiger partial charge is 0.230 e. The van der Waals surface area contributed by atoms with Gasteiger partial charge < -0.3 is 21.0 Å². The summed E-state index contributed by atoms with van der Waals surface area (Å²) in [5, 5.41) is 30.9. The lowest BCUT2D eigenvalue weighted by Crippen LogP contribution is -2.30. The van der Waals surface area contributed by atoms with Crippen molar-refractivity contribution in [3.63, 3.8) is 0 Å². The predicted octanol–water partition coefficient (Wildman–Crippen LogP) is 5.33. The van der Waals surface area contributed by atoms with Crippen LogP contribution in [0.4, 0.5) is 21.6 Å². The normalized spacial score (nSPS) is 16.4. The Balaban J connectivity index is 1.14. The molecule has 1 aliphatic rings. The van der Waals surface area contributed by atoms with Crippen molar-refractivity contribution in [2.45, 2.75) is 64.2 Å². The SMILES string of the molecule is CCNc1cccc(CC(=O)Nc2nnc([C@H]3CCC[C@H](c4nnc(NC(=O)Cc5cccc(N(N)CC)c5)s4)C3)s2)c1. The van der Waals surface area contributed by atoms with Gasteiger partial charge in [0.15, 0.2) is 0 Å². The van der Waals surface area contributed by atoms with E-state index in [2.05, 4.69) is 36.3 Å². The molecule has 0 aliphatic heterocycles. The van der Waals surface area contributed by atoms with Crippen LogP contribution in [0.25, 0.3) is 0 Å². The van der Waals surface area contributed by atoms with Gasteiger partial charge in [0.1, 0.15) is 10.0 Å². The molecule has 5 rings (SSSR count). The average molecular weight is 620 g/mol. The van der Waals surface area contributed by atoms with Crippen LogP contribution in [0.2, 0.25) is 0 Å². The van der Waals surface area contributed by atoms with E-state index in [1.807, 2.05) is 62.4 Å². The third kappa shape index (κ3) is 8.33. The molecule has 1 aliphatic carbocycles. The monoisotopic (exact) mass is 619 g/mol. The van der Waals surface area contributed by atoms with Crippen molar-refractivity contribution in [1.29, 1.82) is 0 Å². The number of rotatable bonds is 12. The number of hydrogen-bond acceptors (Lipinski definition) is 11. The van der Waals surface area contributed by atoms with Crippen LogP contribution in [0.3, 0.4) is 0 Å². The molecule has 11 nitrogen and oxygen atoms in total. The van der Waals surface area contributed by atoms with Gasteiger partial charge in [-0.3, -0.25) is 9.59 Å². The highest BCUT2D eigenvalue weighted by molar-refractivity contribution is 7.15. The zero-order chi connectivity index (χ0) is 30.2. The highest BCUT2D eigenvalue weighted by Gasteiger charge is 2.29. The standard InChI is InChI=1S/C30H37N9O2S2/c1-3-32-23-12-5-8-19(14-23)16-25(40)33-29-37-35-27(42-29)21-10-7-11-22(18-21)28-36-38-30(43-28)34-26(41)17-20-9-6-13-24(15-20)39(31)4-2/h5-6,8-9,12-15,21-22,32H,3-4,7,10-11,16-18,31H2,1-2H3,(H,33,37,40)(H,34,38,41)/t21-,22-/m0/s1. The van der Waals surface area contributed by atoms with Crippen molar-refractivity contribution in [3.05, 3.63) is 69.7 Å². The molecule has 1 saturated carbocycles. The molecule has 4 aromatic rings. The fourth-order valence-electron chi connectivity index (χ4n) is 5.26. The Bertz CT molecular complexity index is 1540. The number of nitrogens with zero attached hydrogens (tertiary/aromatic N) is 5. The number of hydrogen-bond donors (Lipinski definition) is 4. The Morgan fingerprint density at radius 1 is 0.860 bits per heavy atom. The predicted molar refractivity (Wildman–Crippen MR) is 173 cm³/mol. The summed E-state index contributed by atoms with van der Waals surface area (Å²) in [7, 11) is 0. The Hall–Kier alpha value is -3.94. The Kier molecular flexibility index (Phi) is 10.3. The number of benzene rings is 2. The van der Waals surface area contributed by atoms with Gasteiger partial charge in [-0.2, -0.15) is 0 Å². The van der Waals surface area contributed by atoms with Crippen molar-refractivity contribution in [1.82, 2.24) is 20.4 Å². The first-order valence-corrected chi connectivity index (χ1v) is 16.2. The summed E-state index contributed by atoms with van der Waals surface area (Å²) in [5.74, 6) is 6.19. The van der Waals surface area contributed by atoms with Crippen molar-refractivity contribution >= 4 is 56.1 Å². The van der Waals surface area contributed by atoms with Crippen LogP contribution in [0.1, 0.15) is 72.5 Å². The van der Waals surface area contributed by atoms with Gasteiger partial charge in [-0.15, -0.1) is 20.4 Å².